The predicted molar refractivity (Wildman–Crippen MR) is 85.2 cm³/mol. The molecule has 0 saturated heterocycles. The molecule has 2 nitrogen and oxygen atoms in total. The molecule has 0 aliphatic heterocycles. The Balaban J connectivity index is 1.84. The van der Waals surface area contributed by atoms with Gasteiger partial charge in [0.05, 0.1) is 11.9 Å². The Morgan fingerprint density at radius 3 is 2.55 bits per heavy atom. The maximum Gasteiger partial charge on any atom is 0.129 e. The molecule has 0 saturated carbocycles. The first-order valence-corrected chi connectivity index (χ1v) is 6.97. The van der Waals surface area contributed by atoms with Gasteiger partial charge in [0.25, 0.3) is 0 Å². The molecule has 1 aromatic heterocycles. The molecule has 0 amide bonds. The molecule has 100 valence electrons. The molecule has 0 spiro atoms. The number of nitrogens with zero attached hydrogens (tertiary/aromatic N) is 1. The van der Waals surface area contributed by atoms with Crippen molar-refractivity contribution in [1.82, 2.24) is 4.98 Å². The molecule has 0 bridgehead atoms. The Bertz CT molecular complexity index is 722. The van der Waals surface area contributed by atoms with E-state index in [2.05, 4.69) is 59.7 Å². The van der Waals surface area contributed by atoms with Gasteiger partial charge in [-0.05, 0) is 41.5 Å². The lowest BCUT2D eigenvalue weighted by Crippen LogP contribution is -2.06. The van der Waals surface area contributed by atoms with Gasteiger partial charge in [-0.25, -0.2) is 4.98 Å². The van der Waals surface area contributed by atoms with Gasteiger partial charge < -0.3 is 5.32 Å². The second-order valence-electron chi connectivity index (χ2n) is 4.84. The molecule has 1 heterocycles. The number of nitrogens with one attached hydrogen (secondary N) is 1. The van der Waals surface area contributed by atoms with Crippen molar-refractivity contribution in [2.45, 2.75) is 13.0 Å². The number of fused-ring (bicyclic) bond motifs is 1. The fourth-order valence-corrected chi connectivity index (χ4v) is 2.38. The summed E-state index contributed by atoms with van der Waals surface area (Å²) in [7, 11) is 0. The van der Waals surface area contributed by atoms with Crippen LogP contribution in [0.4, 0.5) is 5.69 Å². The summed E-state index contributed by atoms with van der Waals surface area (Å²) < 4.78 is 0. The summed E-state index contributed by atoms with van der Waals surface area (Å²) in [5, 5.41) is 6.46. The largest absolute Gasteiger partial charge is 0.377 e. The second-order valence-corrected chi connectivity index (χ2v) is 5.23. The number of aromatic nitrogens is 1. The molecular formula is C17H15ClN2. The lowest BCUT2D eigenvalue weighted by atomic mass is 10.0. The Kier molecular flexibility index (Phi) is 3.57. The SMILES string of the molecule is CC(Nc1ccc(Cl)nc1)c1ccc2ccccc2c1. The Morgan fingerprint density at radius 1 is 1.00 bits per heavy atom. The number of rotatable bonds is 3. The summed E-state index contributed by atoms with van der Waals surface area (Å²) >= 11 is 5.79. The van der Waals surface area contributed by atoms with E-state index >= 15 is 0 Å². The molecule has 0 radical (unpaired) electrons. The van der Waals surface area contributed by atoms with Crippen molar-refractivity contribution in [3.05, 3.63) is 71.5 Å². The monoisotopic (exact) mass is 282 g/mol. The van der Waals surface area contributed by atoms with Gasteiger partial charge >= 0.3 is 0 Å². The van der Waals surface area contributed by atoms with Crippen molar-refractivity contribution in [1.29, 1.82) is 0 Å². The van der Waals surface area contributed by atoms with Gasteiger partial charge in [0.1, 0.15) is 5.15 Å². The van der Waals surface area contributed by atoms with Gasteiger partial charge in [0.2, 0.25) is 0 Å². The van der Waals surface area contributed by atoms with E-state index in [-0.39, 0.29) is 6.04 Å². The number of halogens is 1. The highest BCUT2D eigenvalue weighted by molar-refractivity contribution is 6.29. The highest BCUT2D eigenvalue weighted by Crippen LogP contribution is 2.23. The molecule has 1 atom stereocenters. The predicted octanol–water partition coefficient (Wildman–Crippen LogP) is 5.06. The molecule has 3 rings (SSSR count). The average Bonchev–Trinajstić information content (AvgIpc) is 2.49. The zero-order valence-corrected chi connectivity index (χ0v) is 11.9. The van der Waals surface area contributed by atoms with Crippen LogP contribution in [0.3, 0.4) is 0 Å². The topological polar surface area (TPSA) is 24.9 Å². The van der Waals surface area contributed by atoms with Gasteiger partial charge in [0.15, 0.2) is 0 Å². The van der Waals surface area contributed by atoms with Crippen LogP contribution in [0.2, 0.25) is 5.15 Å². The maximum atomic E-state index is 5.79. The minimum Gasteiger partial charge on any atom is -0.377 e. The summed E-state index contributed by atoms with van der Waals surface area (Å²) in [6.07, 6.45) is 1.75. The number of anilines is 1. The van der Waals surface area contributed by atoms with E-state index in [1.807, 2.05) is 6.07 Å². The summed E-state index contributed by atoms with van der Waals surface area (Å²) in [4.78, 5) is 4.08. The first-order chi connectivity index (χ1) is 9.72. The van der Waals surface area contributed by atoms with E-state index in [1.54, 1.807) is 12.3 Å². The summed E-state index contributed by atoms with van der Waals surface area (Å²) in [5.74, 6) is 0. The van der Waals surface area contributed by atoms with E-state index < -0.39 is 0 Å². The van der Waals surface area contributed by atoms with E-state index in [0.29, 0.717) is 5.15 Å². The van der Waals surface area contributed by atoms with Crippen LogP contribution in [0.1, 0.15) is 18.5 Å². The fourth-order valence-electron chi connectivity index (χ4n) is 2.27. The molecule has 2 aromatic carbocycles. The lowest BCUT2D eigenvalue weighted by molar-refractivity contribution is 0.885. The number of benzene rings is 2. The third kappa shape index (κ3) is 2.75. The third-order valence-corrected chi connectivity index (χ3v) is 3.61. The zero-order chi connectivity index (χ0) is 13.9. The maximum absolute atomic E-state index is 5.79. The summed E-state index contributed by atoms with van der Waals surface area (Å²) in [6.45, 7) is 2.14. The van der Waals surface area contributed by atoms with Crippen LogP contribution in [-0.2, 0) is 0 Å². The molecule has 20 heavy (non-hydrogen) atoms. The number of hydrogen-bond donors (Lipinski definition) is 1. The Labute approximate surface area is 123 Å². The molecule has 1 unspecified atom stereocenters. The van der Waals surface area contributed by atoms with Gasteiger partial charge in [-0.3, -0.25) is 0 Å². The first kappa shape index (κ1) is 12.9. The number of pyridine rings is 1. The Hall–Kier alpha value is -2.06. The van der Waals surface area contributed by atoms with Crippen LogP contribution in [0.15, 0.2) is 60.8 Å². The van der Waals surface area contributed by atoms with Crippen LogP contribution in [0.25, 0.3) is 10.8 Å². The van der Waals surface area contributed by atoms with Crippen molar-refractivity contribution in [2.75, 3.05) is 5.32 Å². The van der Waals surface area contributed by atoms with E-state index in [9.17, 15) is 0 Å². The minimum absolute atomic E-state index is 0.211. The molecule has 3 aromatic rings. The van der Waals surface area contributed by atoms with Gasteiger partial charge in [0, 0.05) is 6.04 Å². The average molecular weight is 283 g/mol. The lowest BCUT2D eigenvalue weighted by Gasteiger charge is -2.16. The normalized spacial score (nSPS) is 12.3. The molecule has 0 aliphatic rings. The first-order valence-electron chi connectivity index (χ1n) is 6.59. The van der Waals surface area contributed by atoms with E-state index in [4.69, 9.17) is 11.6 Å². The van der Waals surface area contributed by atoms with Crippen molar-refractivity contribution >= 4 is 28.1 Å². The molecule has 3 heteroatoms. The highest BCUT2D eigenvalue weighted by Gasteiger charge is 2.06. The van der Waals surface area contributed by atoms with Gasteiger partial charge in [-0.1, -0.05) is 48.0 Å². The Morgan fingerprint density at radius 2 is 1.80 bits per heavy atom. The zero-order valence-electron chi connectivity index (χ0n) is 11.2. The van der Waals surface area contributed by atoms with Crippen LogP contribution in [-0.4, -0.2) is 4.98 Å². The quantitative estimate of drug-likeness (QED) is 0.679. The van der Waals surface area contributed by atoms with E-state index in [1.165, 1.54) is 16.3 Å². The van der Waals surface area contributed by atoms with Crippen LogP contribution in [0, 0.1) is 0 Å². The van der Waals surface area contributed by atoms with Gasteiger partial charge in [-0.2, -0.15) is 0 Å². The standard InChI is InChI=1S/C17H15ClN2/c1-12(20-16-8-9-17(18)19-11-16)14-7-6-13-4-2-3-5-15(13)10-14/h2-12,20H,1H3. The summed E-state index contributed by atoms with van der Waals surface area (Å²) in [6, 6.07) is 18.8. The fraction of sp³-hybridized carbons (Fsp3) is 0.118. The molecule has 1 N–H and O–H groups in total. The second kappa shape index (κ2) is 5.51. The van der Waals surface area contributed by atoms with Crippen molar-refractivity contribution in [2.24, 2.45) is 0 Å². The third-order valence-electron chi connectivity index (χ3n) is 3.38. The van der Waals surface area contributed by atoms with Crippen molar-refractivity contribution in [3.8, 4) is 0 Å². The number of hydrogen-bond acceptors (Lipinski definition) is 2. The van der Waals surface area contributed by atoms with Crippen LogP contribution >= 0.6 is 11.6 Å². The molecule has 0 aliphatic carbocycles. The minimum atomic E-state index is 0.211. The smallest absolute Gasteiger partial charge is 0.129 e. The van der Waals surface area contributed by atoms with Crippen LogP contribution < -0.4 is 5.32 Å². The summed E-state index contributed by atoms with van der Waals surface area (Å²) in [5.41, 5.74) is 2.22. The highest BCUT2D eigenvalue weighted by atomic mass is 35.5. The van der Waals surface area contributed by atoms with Crippen LogP contribution in [0.5, 0.6) is 0 Å². The molecule has 0 fully saturated rings. The molecular weight excluding hydrogens is 268 g/mol. The van der Waals surface area contributed by atoms with E-state index in [0.717, 1.165) is 5.69 Å². The van der Waals surface area contributed by atoms with Crippen molar-refractivity contribution in [3.63, 3.8) is 0 Å². The van der Waals surface area contributed by atoms with Gasteiger partial charge in [-0.15, -0.1) is 0 Å². The van der Waals surface area contributed by atoms with Crippen molar-refractivity contribution < 1.29 is 0 Å².